The normalized spacial score (nSPS) is 12.6. The average molecular weight is 379 g/mol. The van der Waals surface area contributed by atoms with Crippen molar-refractivity contribution in [1.29, 1.82) is 0 Å². The predicted octanol–water partition coefficient (Wildman–Crippen LogP) is 2.91. The molecule has 3 N–H and O–H groups in total. The molecule has 0 radical (unpaired) electrons. The largest absolute Gasteiger partial charge is 0.461 e. The van der Waals surface area contributed by atoms with Crippen LogP contribution in [0.25, 0.3) is 17.2 Å². The van der Waals surface area contributed by atoms with E-state index in [9.17, 15) is 4.79 Å². The minimum atomic E-state index is -0.222. The van der Waals surface area contributed by atoms with Crippen molar-refractivity contribution in [2.45, 2.75) is 32.9 Å². The Labute approximate surface area is 161 Å². The quantitative estimate of drug-likeness (QED) is 0.550. The molecule has 1 atom stereocenters. The van der Waals surface area contributed by atoms with Gasteiger partial charge >= 0.3 is 0 Å². The predicted molar refractivity (Wildman–Crippen MR) is 103 cm³/mol. The van der Waals surface area contributed by atoms with Gasteiger partial charge < -0.3 is 20.0 Å². The topological polar surface area (TPSA) is 118 Å². The van der Waals surface area contributed by atoms with E-state index in [0.29, 0.717) is 17.2 Å². The maximum atomic E-state index is 13.3. The van der Waals surface area contributed by atoms with Crippen LogP contribution in [0.2, 0.25) is 0 Å². The Kier molecular flexibility index (Phi) is 4.34. The Morgan fingerprint density at radius 3 is 2.75 bits per heavy atom. The lowest BCUT2D eigenvalue weighted by molar-refractivity contribution is 0.0618. The highest BCUT2D eigenvalue weighted by Crippen LogP contribution is 2.25. The van der Waals surface area contributed by atoms with Crippen molar-refractivity contribution in [2.75, 3.05) is 5.73 Å². The van der Waals surface area contributed by atoms with Gasteiger partial charge in [-0.2, -0.15) is 4.52 Å². The van der Waals surface area contributed by atoms with Crippen LogP contribution in [-0.4, -0.2) is 41.4 Å². The molecule has 0 saturated carbocycles. The highest BCUT2D eigenvalue weighted by Gasteiger charge is 2.27. The number of fused-ring (bicyclic) bond motifs is 1. The van der Waals surface area contributed by atoms with E-state index in [2.05, 4.69) is 20.1 Å². The van der Waals surface area contributed by atoms with E-state index in [1.165, 1.54) is 4.52 Å². The lowest BCUT2D eigenvalue weighted by Gasteiger charge is -2.32. The summed E-state index contributed by atoms with van der Waals surface area (Å²) in [6.45, 7) is 5.92. The van der Waals surface area contributed by atoms with E-state index < -0.39 is 0 Å². The van der Waals surface area contributed by atoms with E-state index in [4.69, 9.17) is 10.2 Å². The first-order chi connectivity index (χ1) is 13.5. The van der Waals surface area contributed by atoms with E-state index in [-0.39, 0.29) is 29.6 Å². The molecule has 0 bridgehead atoms. The fourth-order valence-electron chi connectivity index (χ4n) is 3.28. The number of nitrogens with two attached hydrogens (primary N) is 1. The second-order valence-electron chi connectivity index (χ2n) is 6.81. The fraction of sp³-hybridized carbons (Fsp3) is 0.263. The number of nitrogens with zero attached hydrogens (tertiary/aromatic N) is 5. The summed E-state index contributed by atoms with van der Waals surface area (Å²) >= 11 is 0. The van der Waals surface area contributed by atoms with Crippen molar-refractivity contribution in [3.05, 3.63) is 54.2 Å². The number of nitrogens with one attached hydrogen (secondary N) is 1. The molecule has 0 aliphatic heterocycles. The Bertz CT molecular complexity index is 1100. The number of nitrogen functional groups attached to an aromatic ring is 1. The Hall–Kier alpha value is -3.62. The van der Waals surface area contributed by atoms with Gasteiger partial charge in [-0.25, -0.2) is 9.97 Å². The van der Waals surface area contributed by atoms with Gasteiger partial charge in [0.05, 0.1) is 12.3 Å². The summed E-state index contributed by atoms with van der Waals surface area (Å²) in [4.78, 5) is 26.8. The second-order valence-corrected chi connectivity index (χ2v) is 6.81. The van der Waals surface area contributed by atoms with Crippen LogP contribution in [0.3, 0.4) is 0 Å². The molecular weight excluding hydrogens is 358 g/mol. The standard InChI is InChI=1S/C19H21N7O2/c1-11(2)25(12(3)13-6-7-21-10-13)18(27)14-9-16-23-17(15-5-4-8-28-15)24-26(16)19(20)22-14/h4-12,21H,1-3H3,(H2,20,22). The molecule has 4 rings (SSSR count). The lowest BCUT2D eigenvalue weighted by atomic mass is 10.1. The molecule has 144 valence electrons. The van der Waals surface area contributed by atoms with Crippen molar-refractivity contribution in [1.82, 2.24) is 29.5 Å². The van der Waals surface area contributed by atoms with Gasteiger partial charge in [0, 0.05) is 24.5 Å². The number of H-pyrrole nitrogens is 1. The molecule has 0 saturated heterocycles. The third kappa shape index (κ3) is 3.00. The Balaban J connectivity index is 1.73. The number of aromatic nitrogens is 5. The summed E-state index contributed by atoms with van der Waals surface area (Å²) in [6.07, 6.45) is 5.26. The smallest absolute Gasteiger partial charge is 0.273 e. The van der Waals surface area contributed by atoms with Gasteiger partial charge in [-0.1, -0.05) is 0 Å². The van der Waals surface area contributed by atoms with Crippen LogP contribution in [0.4, 0.5) is 5.95 Å². The molecule has 0 fully saturated rings. The van der Waals surface area contributed by atoms with Crippen LogP contribution in [0.1, 0.15) is 42.9 Å². The van der Waals surface area contributed by atoms with Crippen LogP contribution >= 0.6 is 0 Å². The molecule has 28 heavy (non-hydrogen) atoms. The minimum absolute atomic E-state index is 0.0341. The number of hydrogen-bond donors (Lipinski definition) is 2. The van der Waals surface area contributed by atoms with E-state index >= 15 is 0 Å². The average Bonchev–Trinajstić information content (AvgIpc) is 3.40. The number of anilines is 1. The summed E-state index contributed by atoms with van der Waals surface area (Å²) in [7, 11) is 0. The Morgan fingerprint density at radius 2 is 2.11 bits per heavy atom. The first-order valence-electron chi connectivity index (χ1n) is 8.98. The van der Waals surface area contributed by atoms with Crippen LogP contribution in [-0.2, 0) is 0 Å². The maximum absolute atomic E-state index is 13.3. The zero-order valence-electron chi connectivity index (χ0n) is 15.8. The highest BCUT2D eigenvalue weighted by molar-refractivity contribution is 5.94. The van der Waals surface area contributed by atoms with E-state index in [1.807, 2.05) is 39.2 Å². The molecule has 0 aliphatic rings. The molecule has 1 amide bonds. The van der Waals surface area contributed by atoms with Gasteiger partial charge in [0.2, 0.25) is 11.8 Å². The first kappa shape index (κ1) is 17.8. The van der Waals surface area contributed by atoms with Gasteiger partial charge in [0.25, 0.3) is 5.91 Å². The monoisotopic (exact) mass is 379 g/mol. The van der Waals surface area contributed by atoms with Crippen molar-refractivity contribution in [3.63, 3.8) is 0 Å². The molecule has 1 unspecified atom stereocenters. The van der Waals surface area contributed by atoms with E-state index in [0.717, 1.165) is 5.56 Å². The molecule has 4 aromatic heterocycles. The number of aromatic amines is 1. The molecule has 0 spiro atoms. The highest BCUT2D eigenvalue weighted by atomic mass is 16.3. The minimum Gasteiger partial charge on any atom is -0.461 e. The molecule has 0 aliphatic carbocycles. The number of carbonyl (C=O) groups is 1. The van der Waals surface area contributed by atoms with Crippen LogP contribution in [0.15, 0.2) is 47.3 Å². The summed E-state index contributed by atoms with van der Waals surface area (Å²) in [5, 5.41) is 4.31. The SMILES string of the molecule is CC(C)N(C(=O)c1cc2nc(-c3ccco3)nn2c(N)n1)C(C)c1cc[nH]c1. The molecular formula is C19H21N7O2. The van der Waals surface area contributed by atoms with Crippen LogP contribution in [0, 0.1) is 0 Å². The van der Waals surface area contributed by atoms with Gasteiger partial charge in [-0.05, 0) is 44.5 Å². The summed E-state index contributed by atoms with van der Waals surface area (Å²) < 4.78 is 6.72. The third-order valence-electron chi connectivity index (χ3n) is 4.62. The zero-order valence-corrected chi connectivity index (χ0v) is 15.8. The maximum Gasteiger partial charge on any atom is 0.273 e. The number of hydrogen-bond acceptors (Lipinski definition) is 6. The summed E-state index contributed by atoms with van der Waals surface area (Å²) in [6, 6.07) is 6.89. The molecule has 9 nitrogen and oxygen atoms in total. The van der Waals surface area contributed by atoms with Gasteiger partial charge in [-0.15, -0.1) is 5.10 Å². The lowest BCUT2D eigenvalue weighted by Crippen LogP contribution is -2.39. The summed E-state index contributed by atoms with van der Waals surface area (Å²) in [5.41, 5.74) is 7.72. The Morgan fingerprint density at radius 1 is 1.29 bits per heavy atom. The van der Waals surface area contributed by atoms with Crippen molar-refractivity contribution >= 4 is 17.5 Å². The number of rotatable bonds is 5. The molecule has 0 aromatic carbocycles. The number of amides is 1. The third-order valence-corrected chi connectivity index (χ3v) is 4.62. The number of furan rings is 1. The molecule has 4 aromatic rings. The van der Waals surface area contributed by atoms with Crippen molar-refractivity contribution < 1.29 is 9.21 Å². The van der Waals surface area contributed by atoms with Crippen molar-refractivity contribution in [3.8, 4) is 11.6 Å². The molecule has 4 heterocycles. The zero-order chi connectivity index (χ0) is 19.8. The summed E-state index contributed by atoms with van der Waals surface area (Å²) in [5.74, 6) is 0.759. The van der Waals surface area contributed by atoms with Crippen molar-refractivity contribution in [2.24, 2.45) is 0 Å². The fourth-order valence-corrected chi connectivity index (χ4v) is 3.28. The van der Waals surface area contributed by atoms with Crippen LogP contribution < -0.4 is 5.73 Å². The van der Waals surface area contributed by atoms with E-state index in [1.54, 1.807) is 29.4 Å². The first-order valence-corrected chi connectivity index (χ1v) is 8.98. The van der Waals surface area contributed by atoms with Gasteiger partial charge in [-0.3, -0.25) is 4.79 Å². The van der Waals surface area contributed by atoms with Crippen LogP contribution in [0.5, 0.6) is 0 Å². The number of carbonyl (C=O) groups excluding carboxylic acids is 1. The molecule has 9 heteroatoms. The van der Waals surface area contributed by atoms with Gasteiger partial charge in [0.1, 0.15) is 5.69 Å². The second kappa shape index (κ2) is 6.84. The van der Waals surface area contributed by atoms with Gasteiger partial charge in [0.15, 0.2) is 11.4 Å².